The molecule has 0 unspecified atom stereocenters. The number of carbonyl (C=O) groups is 2. The van der Waals surface area contributed by atoms with Crippen molar-refractivity contribution in [1.29, 1.82) is 0 Å². The summed E-state index contributed by atoms with van der Waals surface area (Å²) >= 11 is 0. The number of amides is 1. The lowest BCUT2D eigenvalue weighted by atomic mass is 10.1. The number of esters is 1. The molecule has 0 N–H and O–H groups in total. The van der Waals surface area contributed by atoms with Gasteiger partial charge in [0.15, 0.2) is 0 Å². The highest BCUT2D eigenvalue weighted by molar-refractivity contribution is 5.81. The molecule has 0 spiro atoms. The van der Waals surface area contributed by atoms with Crippen molar-refractivity contribution in [2.45, 2.75) is 25.4 Å². The van der Waals surface area contributed by atoms with E-state index in [1.54, 1.807) is 12.0 Å². The van der Waals surface area contributed by atoms with Gasteiger partial charge in [-0.15, -0.1) is 0 Å². The summed E-state index contributed by atoms with van der Waals surface area (Å²) in [5, 5.41) is 0. The van der Waals surface area contributed by atoms with Crippen LogP contribution in [0.1, 0.15) is 18.4 Å². The van der Waals surface area contributed by atoms with E-state index in [0.717, 1.165) is 17.7 Å². The monoisotopic (exact) mass is 321 g/mol. The van der Waals surface area contributed by atoms with E-state index in [9.17, 15) is 9.59 Å². The second-order valence-electron chi connectivity index (χ2n) is 5.46. The normalized spacial score (nSPS) is 17.7. The van der Waals surface area contributed by atoms with Crippen molar-refractivity contribution in [3.05, 3.63) is 29.8 Å². The van der Waals surface area contributed by atoms with Gasteiger partial charge in [-0.2, -0.15) is 0 Å². The quantitative estimate of drug-likeness (QED) is 0.742. The Labute approximate surface area is 136 Å². The van der Waals surface area contributed by atoms with E-state index in [1.165, 1.54) is 7.11 Å². The summed E-state index contributed by atoms with van der Waals surface area (Å²) in [6, 6.07) is 7.83. The molecule has 1 heterocycles. The Morgan fingerprint density at radius 3 is 2.61 bits per heavy atom. The molecule has 1 amide bonds. The Balaban J connectivity index is 1.84. The van der Waals surface area contributed by atoms with Crippen LogP contribution in [0.4, 0.5) is 0 Å². The molecular weight excluding hydrogens is 298 g/mol. The van der Waals surface area contributed by atoms with Crippen molar-refractivity contribution >= 4 is 11.9 Å². The standard InChI is InChI=1S/C17H23NO5/c1-21-14-5-3-13(4-6-14)11-15-12-18(9-10-23-15)16(19)7-8-17(20)22-2/h3-6,15H,7-12H2,1-2H3/t15-/m0/s1. The third kappa shape index (κ3) is 5.25. The SMILES string of the molecule is COC(=O)CCC(=O)N1CCO[C@@H](Cc2ccc(OC)cc2)C1. The molecule has 0 saturated carbocycles. The lowest BCUT2D eigenvalue weighted by Gasteiger charge is -2.33. The van der Waals surface area contributed by atoms with E-state index >= 15 is 0 Å². The molecule has 2 rings (SSSR count). The van der Waals surface area contributed by atoms with E-state index in [-0.39, 0.29) is 30.8 Å². The number of nitrogens with zero attached hydrogens (tertiary/aromatic N) is 1. The predicted octanol–water partition coefficient (Wildman–Crippen LogP) is 1.42. The second kappa shape index (κ2) is 8.53. The van der Waals surface area contributed by atoms with E-state index < -0.39 is 0 Å². The Morgan fingerprint density at radius 1 is 1.22 bits per heavy atom. The molecule has 6 heteroatoms. The molecule has 1 aliphatic heterocycles. The average Bonchev–Trinajstić information content (AvgIpc) is 2.60. The van der Waals surface area contributed by atoms with Gasteiger partial charge in [0.1, 0.15) is 5.75 Å². The zero-order chi connectivity index (χ0) is 16.7. The molecule has 0 bridgehead atoms. The first-order valence-electron chi connectivity index (χ1n) is 7.71. The van der Waals surface area contributed by atoms with Gasteiger partial charge < -0.3 is 19.1 Å². The van der Waals surface area contributed by atoms with Crippen molar-refractivity contribution in [2.75, 3.05) is 33.9 Å². The Kier molecular flexibility index (Phi) is 6.40. The molecular formula is C17H23NO5. The summed E-state index contributed by atoms with van der Waals surface area (Å²) in [5.41, 5.74) is 1.14. The molecule has 0 aromatic heterocycles. The highest BCUT2D eigenvalue weighted by Crippen LogP contribution is 2.16. The van der Waals surface area contributed by atoms with Crippen LogP contribution >= 0.6 is 0 Å². The van der Waals surface area contributed by atoms with Crippen LogP contribution in [-0.2, 0) is 25.5 Å². The average molecular weight is 321 g/mol. The zero-order valence-corrected chi connectivity index (χ0v) is 13.6. The molecule has 0 aliphatic carbocycles. The highest BCUT2D eigenvalue weighted by Gasteiger charge is 2.24. The van der Waals surface area contributed by atoms with Crippen molar-refractivity contribution in [3.8, 4) is 5.75 Å². The molecule has 1 aliphatic rings. The summed E-state index contributed by atoms with van der Waals surface area (Å²) in [6.45, 7) is 1.63. The summed E-state index contributed by atoms with van der Waals surface area (Å²) < 4.78 is 15.5. The van der Waals surface area contributed by atoms with Crippen LogP contribution in [0.25, 0.3) is 0 Å². The maximum absolute atomic E-state index is 12.1. The molecule has 0 radical (unpaired) electrons. The van der Waals surface area contributed by atoms with E-state index in [1.807, 2.05) is 24.3 Å². The summed E-state index contributed by atoms with van der Waals surface area (Å²) in [4.78, 5) is 25.0. The minimum Gasteiger partial charge on any atom is -0.497 e. The molecule has 6 nitrogen and oxygen atoms in total. The van der Waals surface area contributed by atoms with Gasteiger partial charge in [0.05, 0.1) is 33.4 Å². The molecule has 1 saturated heterocycles. The van der Waals surface area contributed by atoms with E-state index in [0.29, 0.717) is 19.7 Å². The van der Waals surface area contributed by atoms with E-state index in [2.05, 4.69) is 4.74 Å². The van der Waals surface area contributed by atoms with Crippen LogP contribution in [0.5, 0.6) is 5.75 Å². The molecule has 1 aromatic rings. The van der Waals surface area contributed by atoms with Gasteiger partial charge >= 0.3 is 5.97 Å². The van der Waals surface area contributed by atoms with Crippen LogP contribution in [0.15, 0.2) is 24.3 Å². The number of rotatable bonds is 6. The fraction of sp³-hybridized carbons (Fsp3) is 0.529. The minimum absolute atomic E-state index is 0.0285. The van der Waals surface area contributed by atoms with Crippen LogP contribution < -0.4 is 4.74 Å². The summed E-state index contributed by atoms with van der Waals surface area (Å²) in [6.07, 6.45) is 1.02. The number of benzene rings is 1. The van der Waals surface area contributed by atoms with Crippen molar-refractivity contribution < 1.29 is 23.8 Å². The topological polar surface area (TPSA) is 65.1 Å². The third-order valence-corrected chi connectivity index (χ3v) is 3.88. The summed E-state index contributed by atoms with van der Waals surface area (Å²) in [7, 11) is 2.96. The van der Waals surface area contributed by atoms with Crippen LogP contribution in [0.3, 0.4) is 0 Å². The maximum Gasteiger partial charge on any atom is 0.306 e. The smallest absolute Gasteiger partial charge is 0.306 e. The van der Waals surface area contributed by atoms with Gasteiger partial charge in [-0.25, -0.2) is 0 Å². The van der Waals surface area contributed by atoms with Gasteiger partial charge in [0.2, 0.25) is 5.91 Å². The Morgan fingerprint density at radius 2 is 1.96 bits per heavy atom. The fourth-order valence-corrected chi connectivity index (χ4v) is 2.56. The molecule has 23 heavy (non-hydrogen) atoms. The number of hydrogen-bond acceptors (Lipinski definition) is 5. The van der Waals surface area contributed by atoms with Crippen LogP contribution in [0, 0.1) is 0 Å². The maximum atomic E-state index is 12.1. The number of methoxy groups -OCH3 is 2. The molecule has 1 aromatic carbocycles. The van der Waals surface area contributed by atoms with Gasteiger partial charge in [0.25, 0.3) is 0 Å². The van der Waals surface area contributed by atoms with Gasteiger partial charge in [0, 0.05) is 25.9 Å². The number of ether oxygens (including phenoxy) is 3. The Hall–Kier alpha value is -2.08. The first kappa shape index (κ1) is 17.3. The van der Waals surface area contributed by atoms with Gasteiger partial charge in [-0.3, -0.25) is 9.59 Å². The zero-order valence-electron chi connectivity index (χ0n) is 13.6. The fourth-order valence-electron chi connectivity index (χ4n) is 2.56. The van der Waals surface area contributed by atoms with Crippen molar-refractivity contribution in [1.82, 2.24) is 4.90 Å². The van der Waals surface area contributed by atoms with Gasteiger partial charge in [-0.05, 0) is 17.7 Å². The lowest BCUT2D eigenvalue weighted by molar-refractivity contribution is -0.145. The van der Waals surface area contributed by atoms with Crippen LogP contribution in [-0.4, -0.2) is 56.8 Å². The summed E-state index contributed by atoms with van der Waals surface area (Å²) in [5.74, 6) is 0.428. The minimum atomic E-state index is -0.360. The predicted molar refractivity (Wildman–Crippen MR) is 84.3 cm³/mol. The van der Waals surface area contributed by atoms with Gasteiger partial charge in [-0.1, -0.05) is 12.1 Å². The number of morpholine rings is 1. The van der Waals surface area contributed by atoms with Crippen molar-refractivity contribution in [3.63, 3.8) is 0 Å². The number of carbonyl (C=O) groups excluding carboxylic acids is 2. The lowest BCUT2D eigenvalue weighted by Crippen LogP contribution is -2.46. The molecule has 1 fully saturated rings. The number of hydrogen-bond donors (Lipinski definition) is 0. The first-order valence-corrected chi connectivity index (χ1v) is 7.71. The van der Waals surface area contributed by atoms with Crippen molar-refractivity contribution in [2.24, 2.45) is 0 Å². The molecule has 1 atom stereocenters. The largest absolute Gasteiger partial charge is 0.497 e. The first-order chi connectivity index (χ1) is 11.1. The second-order valence-corrected chi connectivity index (χ2v) is 5.46. The highest BCUT2D eigenvalue weighted by atomic mass is 16.5. The molecule has 126 valence electrons. The third-order valence-electron chi connectivity index (χ3n) is 3.88. The Bertz CT molecular complexity index is 528. The van der Waals surface area contributed by atoms with E-state index in [4.69, 9.17) is 9.47 Å². The van der Waals surface area contributed by atoms with Crippen LogP contribution in [0.2, 0.25) is 0 Å².